The number of carbonyl (C=O) groups is 3. The highest BCUT2D eigenvalue weighted by atomic mass is 32.1. The van der Waals surface area contributed by atoms with E-state index >= 15 is 0 Å². The lowest BCUT2D eigenvalue weighted by atomic mass is 10.1. The number of benzene rings is 1. The van der Waals surface area contributed by atoms with Crippen molar-refractivity contribution in [2.45, 2.75) is 46.3 Å². The Morgan fingerprint density at radius 1 is 1.26 bits per heavy atom. The summed E-state index contributed by atoms with van der Waals surface area (Å²) in [5.41, 5.74) is 1.10. The molecule has 1 amide bonds. The molecule has 0 aliphatic carbocycles. The van der Waals surface area contributed by atoms with E-state index in [1.807, 2.05) is 0 Å². The predicted octanol–water partition coefficient (Wildman–Crippen LogP) is 3.10. The van der Waals surface area contributed by atoms with Crippen molar-refractivity contribution >= 4 is 44.9 Å². The summed E-state index contributed by atoms with van der Waals surface area (Å²) in [5, 5.41) is 3.06. The van der Waals surface area contributed by atoms with E-state index in [-0.39, 0.29) is 16.2 Å². The molecule has 0 saturated carbocycles. The van der Waals surface area contributed by atoms with E-state index < -0.39 is 18.0 Å². The van der Waals surface area contributed by atoms with Gasteiger partial charge in [0.2, 0.25) is 0 Å². The number of hydrogen-bond donors (Lipinski definition) is 1. The number of carbonyl (C=O) groups excluding carboxylic acids is 3. The highest BCUT2D eigenvalue weighted by Gasteiger charge is 2.26. The summed E-state index contributed by atoms with van der Waals surface area (Å²) >= 11 is 1.10. The summed E-state index contributed by atoms with van der Waals surface area (Å²) in [6.07, 6.45) is 0.518. The maximum absolute atomic E-state index is 12.8. The highest BCUT2D eigenvalue weighted by Crippen LogP contribution is 2.29. The molecule has 2 aromatic heterocycles. The minimum Gasteiger partial charge on any atom is -0.448 e. The number of Topliss-reactive ketones (excluding diaryl/α,β-unsaturated/α-hetero) is 1. The van der Waals surface area contributed by atoms with Gasteiger partial charge in [-0.15, -0.1) is 11.3 Å². The number of nitrogens with zero attached hydrogens (tertiary/aromatic N) is 2. The van der Waals surface area contributed by atoms with Gasteiger partial charge in [-0.25, -0.2) is 9.78 Å². The molecular formula is C22H21N3O5S. The van der Waals surface area contributed by atoms with Crippen LogP contribution in [0.1, 0.15) is 51.7 Å². The number of para-hydroxylation sites is 1. The maximum atomic E-state index is 12.8. The minimum atomic E-state index is -1.10. The molecule has 0 saturated heterocycles. The second-order valence-corrected chi connectivity index (χ2v) is 8.46. The largest absolute Gasteiger partial charge is 0.448 e. The first kappa shape index (κ1) is 20.9. The fraction of sp³-hybridized carbons (Fsp3) is 0.318. The number of aryl methyl sites for hydroxylation is 2. The van der Waals surface area contributed by atoms with Gasteiger partial charge in [0.15, 0.2) is 11.9 Å². The average molecular weight is 439 g/mol. The molecule has 160 valence electrons. The van der Waals surface area contributed by atoms with Crippen LogP contribution in [0.3, 0.4) is 0 Å². The first-order valence-electron chi connectivity index (χ1n) is 9.92. The predicted molar refractivity (Wildman–Crippen MR) is 117 cm³/mol. The molecule has 0 fully saturated rings. The van der Waals surface area contributed by atoms with E-state index in [9.17, 15) is 19.2 Å². The lowest BCUT2D eigenvalue weighted by Crippen LogP contribution is -2.30. The number of aromatic nitrogens is 2. The molecule has 3 aromatic rings. The number of rotatable bonds is 5. The quantitative estimate of drug-likeness (QED) is 0.484. The van der Waals surface area contributed by atoms with Gasteiger partial charge < -0.3 is 10.1 Å². The van der Waals surface area contributed by atoms with Crippen molar-refractivity contribution in [2.24, 2.45) is 0 Å². The topological polar surface area (TPSA) is 107 Å². The zero-order valence-electron chi connectivity index (χ0n) is 17.4. The number of hydrogen-bond acceptors (Lipinski definition) is 7. The van der Waals surface area contributed by atoms with Gasteiger partial charge in [0.1, 0.15) is 15.5 Å². The van der Waals surface area contributed by atoms with Crippen LogP contribution < -0.4 is 10.9 Å². The molecule has 1 N–H and O–H groups in total. The molecule has 0 bridgehead atoms. The van der Waals surface area contributed by atoms with Crippen molar-refractivity contribution < 1.29 is 19.1 Å². The normalized spacial score (nSPS) is 13.6. The molecule has 3 heterocycles. The Morgan fingerprint density at radius 2 is 2.00 bits per heavy atom. The van der Waals surface area contributed by atoms with Crippen molar-refractivity contribution in [2.75, 3.05) is 5.32 Å². The molecule has 4 rings (SSSR count). The van der Waals surface area contributed by atoms with Gasteiger partial charge in [0.05, 0.1) is 11.1 Å². The molecule has 8 nitrogen and oxygen atoms in total. The number of amides is 1. The first-order chi connectivity index (χ1) is 14.8. The Balaban J connectivity index is 1.54. The van der Waals surface area contributed by atoms with E-state index in [0.29, 0.717) is 33.6 Å². The number of nitrogens with one attached hydrogen (secondary N) is 1. The smallest absolute Gasteiger partial charge is 0.349 e. The number of thiophene rings is 1. The van der Waals surface area contributed by atoms with E-state index in [1.54, 1.807) is 35.8 Å². The van der Waals surface area contributed by atoms with Crippen LogP contribution in [0.25, 0.3) is 10.2 Å². The zero-order chi connectivity index (χ0) is 22.3. The Labute approximate surface area is 181 Å². The monoisotopic (exact) mass is 439 g/mol. The van der Waals surface area contributed by atoms with E-state index in [4.69, 9.17) is 4.74 Å². The first-order valence-corrected chi connectivity index (χ1v) is 10.7. The fourth-order valence-corrected chi connectivity index (χ4v) is 4.74. The summed E-state index contributed by atoms with van der Waals surface area (Å²) in [7, 11) is 0. The summed E-state index contributed by atoms with van der Waals surface area (Å²) in [4.78, 5) is 55.1. The van der Waals surface area contributed by atoms with Crippen LogP contribution in [0.5, 0.6) is 0 Å². The van der Waals surface area contributed by atoms with Crippen molar-refractivity contribution in [3.8, 4) is 0 Å². The standard InChI is InChI=1S/C22H21N3O5S/c1-11-17-20(24-16-9-6-10-25(16)21(17)28)31-18(11)22(29)30-13(3)19(27)23-15-8-5-4-7-14(15)12(2)26/h4-5,7-8,13H,6,9-10H2,1-3H3,(H,23,27). The number of esters is 1. The highest BCUT2D eigenvalue weighted by molar-refractivity contribution is 7.20. The molecule has 1 aliphatic rings. The zero-order valence-corrected chi connectivity index (χ0v) is 18.2. The lowest BCUT2D eigenvalue weighted by Gasteiger charge is -2.14. The number of fused-ring (bicyclic) bond motifs is 2. The third-order valence-corrected chi connectivity index (χ3v) is 6.48. The number of anilines is 1. The van der Waals surface area contributed by atoms with Gasteiger partial charge in [-0.05, 0) is 44.9 Å². The maximum Gasteiger partial charge on any atom is 0.349 e. The van der Waals surface area contributed by atoms with Gasteiger partial charge in [-0.1, -0.05) is 12.1 Å². The Morgan fingerprint density at radius 3 is 2.74 bits per heavy atom. The number of ketones is 1. The van der Waals surface area contributed by atoms with Crippen molar-refractivity contribution in [1.29, 1.82) is 0 Å². The van der Waals surface area contributed by atoms with Gasteiger partial charge >= 0.3 is 5.97 Å². The van der Waals surface area contributed by atoms with Gasteiger partial charge in [-0.3, -0.25) is 19.0 Å². The summed E-state index contributed by atoms with van der Waals surface area (Å²) in [6, 6.07) is 6.62. The van der Waals surface area contributed by atoms with E-state index in [2.05, 4.69) is 10.3 Å². The third kappa shape index (κ3) is 3.76. The average Bonchev–Trinajstić information content (AvgIpc) is 3.33. The molecule has 1 aliphatic heterocycles. The van der Waals surface area contributed by atoms with E-state index in [1.165, 1.54) is 13.8 Å². The SMILES string of the molecule is CC(=O)c1ccccc1NC(=O)C(C)OC(=O)c1sc2nc3n(c(=O)c2c1C)CCC3. The molecule has 0 spiro atoms. The number of ether oxygens (including phenoxy) is 1. The van der Waals surface area contributed by atoms with Crippen LogP contribution >= 0.6 is 11.3 Å². The van der Waals surface area contributed by atoms with Crippen molar-refractivity contribution in [1.82, 2.24) is 9.55 Å². The van der Waals surface area contributed by atoms with Crippen LogP contribution in [0.15, 0.2) is 29.1 Å². The third-order valence-electron chi connectivity index (χ3n) is 5.31. The lowest BCUT2D eigenvalue weighted by molar-refractivity contribution is -0.123. The molecule has 1 unspecified atom stereocenters. The molecular weight excluding hydrogens is 418 g/mol. The van der Waals surface area contributed by atoms with Crippen LogP contribution in [-0.2, 0) is 22.5 Å². The van der Waals surface area contributed by atoms with Crippen LogP contribution in [0.4, 0.5) is 5.69 Å². The molecule has 1 aromatic carbocycles. The van der Waals surface area contributed by atoms with Crippen LogP contribution in [-0.4, -0.2) is 33.3 Å². The Kier molecular flexibility index (Phi) is 5.45. The second kappa shape index (κ2) is 8.07. The van der Waals surface area contributed by atoms with Crippen LogP contribution in [0.2, 0.25) is 0 Å². The van der Waals surface area contributed by atoms with E-state index in [0.717, 1.165) is 30.0 Å². The molecule has 9 heteroatoms. The Bertz CT molecular complexity index is 1290. The fourth-order valence-electron chi connectivity index (χ4n) is 3.67. The van der Waals surface area contributed by atoms with Gasteiger partial charge in [0.25, 0.3) is 11.5 Å². The van der Waals surface area contributed by atoms with Crippen molar-refractivity contribution in [3.63, 3.8) is 0 Å². The Hall–Kier alpha value is -3.33. The molecule has 0 radical (unpaired) electrons. The molecule has 1 atom stereocenters. The van der Waals surface area contributed by atoms with Gasteiger partial charge in [0, 0.05) is 18.5 Å². The minimum absolute atomic E-state index is 0.142. The van der Waals surface area contributed by atoms with Crippen LogP contribution in [0, 0.1) is 6.92 Å². The second-order valence-electron chi connectivity index (χ2n) is 7.46. The summed E-state index contributed by atoms with van der Waals surface area (Å²) in [5.74, 6) is -0.701. The van der Waals surface area contributed by atoms with Crippen molar-refractivity contribution in [3.05, 3.63) is 56.4 Å². The summed E-state index contributed by atoms with van der Waals surface area (Å²) in [6.45, 7) is 5.18. The molecule has 31 heavy (non-hydrogen) atoms. The van der Waals surface area contributed by atoms with Gasteiger partial charge in [-0.2, -0.15) is 0 Å². The summed E-state index contributed by atoms with van der Waals surface area (Å²) < 4.78 is 7.01.